The van der Waals surface area contributed by atoms with Crippen molar-refractivity contribution in [3.63, 3.8) is 0 Å². The number of aliphatic carboxylic acids is 1. The minimum absolute atomic E-state index is 0.112. The molecule has 0 bridgehead atoms. The Morgan fingerprint density at radius 2 is 1.77 bits per heavy atom. The Kier molecular flexibility index (Phi) is 5.23. The van der Waals surface area contributed by atoms with E-state index in [0.717, 1.165) is 27.7 Å². The minimum Gasteiger partial charge on any atom is -0.480 e. The highest BCUT2D eigenvalue weighted by Gasteiger charge is 2.16. The van der Waals surface area contributed by atoms with Gasteiger partial charge in [0.15, 0.2) is 0 Å². The van der Waals surface area contributed by atoms with Crippen molar-refractivity contribution in [1.29, 1.82) is 0 Å². The fourth-order valence-corrected chi connectivity index (χ4v) is 3.89. The maximum absolute atomic E-state index is 14.0. The highest BCUT2D eigenvalue weighted by atomic mass is 19.1. The van der Waals surface area contributed by atoms with Crippen molar-refractivity contribution >= 4 is 16.9 Å². The lowest BCUT2D eigenvalue weighted by atomic mass is 10.0. The van der Waals surface area contributed by atoms with E-state index in [2.05, 4.69) is 0 Å². The lowest BCUT2D eigenvalue weighted by Gasteiger charge is -2.10. The molecule has 6 heteroatoms. The number of carboxylic acids is 1. The number of halogens is 1. The Hall–Kier alpha value is -3.67. The molecule has 4 rings (SSSR count). The van der Waals surface area contributed by atoms with Crippen LogP contribution in [0.4, 0.5) is 4.39 Å². The zero-order chi connectivity index (χ0) is 21.3. The smallest absolute Gasteiger partial charge is 0.323 e. The van der Waals surface area contributed by atoms with Crippen molar-refractivity contribution in [3.05, 3.63) is 105 Å². The van der Waals surface area contributed by atoms with E-state index in [-0.39, 0.29) is 24.5 Å². The summed E-state index contributed by atoms with van der Waals surface area (Å²) in [6.07, 6.45) is 2.29. The Balaban J connectivity index is 1.73. The van der Waals surface area contributed by atoms with Gasteiger partial charge in [0.1, 0.15) is 12.4 Å². The Labute approximate surface area is 172 Å². The van der Waals surface area contributed by atoms with Gasteiger partial charge in [0.25, 0.3) is 5.56 Å². The third-order valence-corrected chi connectivity index (χ3v) is 5.38. The molecule has 0 spiro atoms. The van der Waals surface area contributed by atoms with Crippen LogP contribution in [0, 0.1) is 12.7 Å². The molecule has 152 valence electrons. The van der Waals surface area contributed by atoms with E-state index < -0.39 is 5.97 Å². The number of aromatic nitrogens is 2. The number of carboxylic acid groups (broad SMARTS) is 1. The van der Waals surface area contributed by atoms with Crippen LogP contribution in [0.3, 0.4) is 0 Å². The summed E-state index contributed by atoms with van der Waals surface area (Å²) >= 11 is 0. The number of rotatable bonds is 6. The lowest BCUT2D eigenvalue weighted by molar-refractivity contribution is -0.137. The first-order valence-corrected chi connectivity index (χ1v) is 9.65. The Bertz CT molecular complexity index is 1300. The van der Waals surface area contributed by atoms with Gasteiger partial charge < -0.3 is 14.2 Å². The van der Waals surface area contributed by atoms with Gasteiger partial charge in [0, 0.05) is 40.8 Å². The molecule has 0 aliphatic rings. The third kappa shape index (κ3) is 3.76. The summed E-state index contributed by atoms with van der Waals surface area (Å²) in [6, 6.07) is 17.4. The number of hydrogen-bond acceptors (Lipinski definition) is 2. The van der Waals surface area contributed by atoms with Gasteiger partial charge in [-0.1, -0.05) is 42.5 Å². The molecule has 0 aliphatic carbocycles. The minimum atomic E-state index is -0.899. The molecule has 5 nitrogen and oxygen atoms in total. The Morgan fingerprint density at radius 1 is 1.03 bits per heavy atom. The lowest BCUT2D eigenvalue weighted by Crippen LogP contribution is -2.20. The molecule has 0 aliphatic heterocycles. The van der Waals surface area contributed by atoms with Crippen LogP contribution >= 0.6 is 0 Å². The molecule has 2 aromatic carbocycles. The monoisotopic (exact) mass is 404 g/mol. The first-order chi connectivity index (χ1) is 14.4. The zero-order valence-electron chi connectivity index (χ0n) is 16.5. The largest absolute Gasteiger partial charge is 0.480 e. The van der Waals surface area contributed by atoms with Crippen molar-refractivity contribution in [2.45, 2.75) is 26.4 Å². The van der Waals surface area contributed by atoms with Crippen LogP contribution in [-0.2, 0) is 24.3 Å². The standard InChI is InChI=1S/C24H21FN2O3/c1-16-20(19-7-3-5-9-22(19)27(16)15-24(29)30)12-17-10-11-23(28)26(13-17)14-18-6-2-4-8-21(18)25/h2-11,13H,12,14-15H2,1H3,(H,29,30). The molecule has 1 N–H and O–H groups in total. The van der Waals surface area contributed by atoms with Crippen molar-refractivity contribution in [3.8, 4) is 0 Å². The second-order valence-corrected chi connectivity index (χ2v) is 7.33. The second kappa shape index (κ2) is 7.99. The van der Waals surface area contributed by atoms with Gasteiger partial charge >= 0.3 is 5.97 Å². The maximum atomic E-state index is 14.0. The molecule has 0 radical (unpaired) electrons. The van der Waals surface area contributed by atoms with E-state index in [0.29, 0.717) is 12.0 Å². The topological polar surface area (TPSA) is 64.2 Å². The van der Waals surface area contributed by atoms with Crippen LogP contribution in [0.15, 0.2) is 71.7 Å². The number of fused-ring (bicyclic) bond motifs is 1. The number of benzene rings is 2. The van der Waals surface area contributed by atoms with Gasteiger partial charge in [-0.3, -0.25) is 9.59 Å². The van der Waals surface area contributed by atoms with E-state index in [1.165, 1.54) is 16.7 Å². The van der Waals surface area contributed by atoms with Crippen LogP contribution in [0.5, 0.6) is 0 Å². The summed E-state index contributed by atoms with van der Waals surface area (Å²) in [5, 5.41) is 10.3. The number of nitrogens with zero attached hydrogens (tertiary/aromatic N) is 2. The third-order valence-electron chi connectivity index (χ3n) is 5.38. The number of pyridine rings is 1. The predicted octanol–water partition coefficient (Wildman–Crippen LogP) is 3.97. The van der Waals surface area contributed by atoms with E-state index in [4.69, 9.17) is 0 Å². The molecule has 0 fully saturated rings. The van der Waals surface area contributed by atoms with E-state index >= 15 is 0 Å². The van der Waals surface area contributed by atoms with Crippen LogP contribution < -0.4 is 5.56 Å². The molecule has 2 heterocycles. The Morgan fingerprint density at radius 3 is 2.53 bits per heavy atom. The summed E-state index contributed by atoms with van der Waals surface area (Å²) in [5.41, 5.74) is 3.91. The van der Waals surface area contributed by atoms with E-state index in [1.807, 2.05) is 31.2 Å². The molecular weight excluding hydrogens is 383 g/mol. The average Bonchev–Trinajstić information content (AvgIpc) is 2.97. The number of carbonyl (C=O) groups is 1. The fraction of sp³-hybridized carbons (Fsp3) is 0.167. The number of hydrogen-bond donors (Lipinski definition) is 1. The molecule has 4 aromatic rings. The highest BCUT2D eigenvalue weighted by molar-refractivity contribution is 5.87. The van der Waals surface area contributed by atoms with Gasteiger partial charge in [0.05, 0.1) is 6.54 Å². The second-order valence-electron chi connectivity index (χ2n) is 7.33. The van der Waals surface area contributed by atoms with Gasteiger partial charge in [-0.15, -0.1) is 0 Å². The number of para-hydroxylation sites is 1. The first-order valence-electron chi connectivity index (χ1n) is 9.65. The quantitative estimate of drug-likeness (QED) is 0.529. The van der Waals surface area contributed by atoms with Gasteiger partial charge in [-0.2, -0.15) is 0 Å². The first kappa shape index (κ1) is 19.6. The average molecular weight is 404 g/mol. The fourth-order valence-electron chi connectivity index (χ4n) is 3.89. The normalized spacial score (nSPS) is 11.1. The predicted molar refractivity (Wildman–Crippen MR) is 113 cm³/mol. The van der Waals surface area contributed by atoms with Crippen molar-refractivity contribution < 1.29 is 14.3 Å². The van der Waals surface area contributed by atoms with Gasteiger partial charge in [0.2, 0.25) is 0 Å². The summed E-state index contributed by atoms with van der Waals surface area (Å²) in [6.45, 7) is 1.95. The van der Waals surface area contributed by atoms with Crippen LogP contribution in [0.25, 0.3) is 10.9 Å². The van der Waals surface area contributed by atoms with Crippen LogP contribution in [0.1, 0.15) is 22.4 Å². The molecule has 0 atom stereocenters. The highest BCUT2D eigenvalue weighted by Crippen LogP contribution is 2.28. The molecule has 0 saturated heterocycles. The molecule has 0 saturated carbocycles. The van der Waals surface area contributed by atoms with Crippen LogP contribution in [-0.4, -0.2) is 20.2 Å². The maximum Gasteiger partial charge on any atom is 0.323 e. The van der Waals surface area contributed by atoms with E-state index in [9.17, 15) is 19.1 Å². The van der Waals surface area contributed by atoms with Crippen molar-refractivity contribution in [2.75, 3.05) is 0 Å². The van der Waals surface area contributed by atoms with E-state index in [1.54, 1.807) is 35.0 Å². The molecule has 2 aromatic heterocycles. The van der Waals surface area contributed by atoms with Crippen molar-refractivity contribution in [2.24, 2.45) is 0 Å². The van der Waals surface area contributed by atoms with Gasteiger partial charge in [-0.05, 0) is 30.2 Å². The molecule has 0 amide bonds. The summed E-state index contributed by atoms with van der Waals surface area (Å²) in [5.74, 6) is -1.24. The summed E-state index contributed by atoms with van der Waals surface area (Å²) < 4.78 is 17.3. The summed E-state index contributed by atoms with van der Waals surface area (Å²) in [4.78, 5) is 23.6. The van der Waals surface area contributed by atoms with Crippen LogP contribution in [0.2, 0.25) is 0 Å². The van der Waals surface area contributed by atoms with Gasteiger partial charge in [-0.25, -0.2) is 4.39 Å². The SMILES string of the molecule is Cc1c(Cc2ccc(=O)n(Cc3ccccc3F)c2)c2ccccc2n1CC(=O)O. The molecule has 0 unspecified atom stereocenters. The van der Waals surface area contributed by atoms with Crippen molar-refractivity contribution in [1.82, 2.24) is 9.13 Å². The molecular formula is C24H21FN2O3. The molecule has 30 heavy (non-hydrogen) atoms. The summed E-state index contributed by atoms with van der Waals surface area (Å²) in [7, 11) is 0. The zero-order valence-corrected chi connectivity index (χ0v) is 16.5.